The molecule has 0 saturated carbocycles. The van der Waals surface area contributed by atoms with Gasteiger partial charge in [-0.25, -0.2) is 0 Å². The number of nitrogens with one attached hydrogen (secondary N) is 2. The van der Waals surface area contributed by atoms with Crippen molar-refractivity contribution in [2.24, 2.45) is 0 Å². The number of carbonyl (C=O) groups is 2. The SMILES string of the molecule is CCOc1ccccc1N1CCN([C@@H](C)C(=O)Nc2ccc(NC(C)=O)cc2)CC1. The largest absolute Gasteiger partial charge is 0.492 e. The summed E-state index contributed by atoms with van der Waals surface area (Å²) in [5.41, 5.74) is 2.53. The summed E-state index contributed by atoms with van der Waals surface area (Å²) in [6.45, 7) is 9.31. The summed E-state index contributed by atoms with van der Waals surface area (Å²) in [5.74, 6) is 0.746. The zero-order valence-electron chi connectivity index (χ0n) is 17.9. The molecule has 1 aliphatic rings. The second-order valence-corrected chi connectivity index (χ2v) is 7.35. The van der Waals surface area contributed by atoms with Gasteiger partial charge in [0, 0.05) is 44.5 Å². The molecule has 2 aromatic rings. The first-order valence-corrected chi connectivity index (χ1v) is 10.4. The number of carbonyl (C=O) groups excluding carboxylic acids is 2. The van der Waals surface area contributed by atoms with Crippen molar-refractivity contribution in [1.29, 1.82) is 0 Å². The van der Waals surface area contributed by atoms with E-state index in [1.807, 2.05) is 32.0 Å². The lowest BCUT2D eigenvalue weighted by Crippen LogP contribution is -2.52. The molecule has 0 radical (unpaired) electrons. The van der Waals surface area contributed by atoms with Gasteiger partial charge in [-0.05, 0) is 50.2 Å². The summed E-state index contributed by atoms with van der Waals surface area (Å²) < 4.78 is 5.76. The van der Waals surface area contributed by atoms with Crippen LogP contribution in [0.25, 0.3) is 0 Å². The molecule has 0 aromatic heterocycles. The van der Waals surface area contributed by atoms with Crippen molar-refractivity contribution in [3.8, 4) is 5.75 Å². The zero-order valence-corrected chi connectivity index (χ0v) is 17.9. The Kier molecular flexibility index (Phi) is 7.30. The van der Waals surface area contributed by atoms with Crippen LogP contribution in [0, 0.1) is 0 Å². The van der Waals surface area contributed by atoms with Crippen LogP contribution >= 0.6 is 0 Å². The molecular weight excluding hydrogens is 380 g/mol. The first-order valence-electron chi connectivity index (χ1n) is 10.4. The molecule has 2 amide bonds. The molecule has 1 heterocycles. The van der Waals surface area contributed by atoms with Gasteiger partial charge in [0.2, 0.25) is 11.8 Å². The number of anilines is 3. The van der Waals surface area contributed by atoms with Crippen LogP contribution in [-0.4, -0.2) is 55.5 Å². The highest BCUT2D eigenvalue weighted by molar-refractivity contribution is 5.95. The predicted molar refractivity (Wildman–Crippen MR) is 120 cm³/mol. The molecule has 1 saturated heterocycles. The molecule has 1 aliphatic heterocycles. The number of amides is 2. The third-order valence-corrected chi connectivity index (χ3v) is 5.22. The van der Waals surface area contributed by atoms with E-state index in [0.717, 1.165) is 37.6 Å². The molecule has 3 rings (SSSR count). The Morgan fingerprint density at radius 1 is 0.967 bits per heavy atom. The highest BCUT2D eigenvalue weighted by atomic mass is 16.5. The minimum absolute atomic E-state index is 0.0366. The number of para-hydroxylation sites is 2. The third kappa shape index (κ3) is 5.51. The highest BCUT2D eigenvalue weighted by Gasteiger charge is 2.26. The predicted octanol–water partition coefficient (Wildman–Crippen LogP) is 3.19. The first-order chi connectivity index (χ1) is 14.5. The number of piperazine rings is 1. The Morgan fingerprint density at radius 2 is 1.57 bits per heavy atom. The molecule has 2 N–H and O–H groups in total. The fourth-order valence-corrected chi connectivity index (χ4v) is 3.60. The van der Waals surface area contributed by atoms with Crippen LogP contribution in [0.1, 0.15) is 20.8 Å². The normalized spacial score (nSPS) is 15.4. The maximum Gasteiger partial charge on any atom is 0.241 e. The summed E-state index contributed by atoms with van der Waals surface area (Å²) in [6, 6.07) is 15.0. The molecule has 0 unspecified atom stereocenters. The summed E-state index contributed by atoms with van der Waals surface area (Å²) in [5, 5.41) is 5.68. The maximum atomic E-state index is 12.7. The van der Waals surface area contributed by atoms with E-state index >= 15 is 0 Å². The van der Waals surface area contributed by atoms with Gasteiger partial charge in [-0.1, -0.05) is 12.1 Å². The van der Waals surface area contributed by atoms with Crippen LogP contribution in [0.3, 0.4) is 0 Å². The monoisotopic (exact) mass is 410 g/mol. The Morgan fingerprint density at radius 3 is 2.17 bits per heavy atom. The number of benzene rings is 2. The van der Waals surface area contributed by atoms with Crippen molar-refractivity contribution >= 4 is 28.9 Å². The van der Waals surface area contributed by atoms with Crippen molar-refractivity contribution in [1.82, 2.24) is 4.90 Å². The minimum atomic E-state index is -0.232. The first kappa shape index (κ1) is 21.6. The smallest absolute Gasteiger partial charge is 0.241 e. The molecule has 1 fully saturated rings. The highest BCUT2D eigenvalue weighted by Crippen LogP contribution is 2.29. The number of ether oxygens (including phenoxy) is 1. The van der Waals surface area contributed by atoms with E-state index in [1.165, 1.54) is 6.92 Å². The van der Waals surface area contributed by atoms with Crippen molar-refractivity contribution < 1.29 is 14.3 Å². The topological polar surface area (TPSA) is 73.9 Å². The number of hydrogen-bond donors (Lipinski definition) is 2. The molecular formula is C23H30N4O3. The van der Waals surface area contributed by atoms with E-state index in [2.05, 4.69) is 26.5 Å². The summed E-state index contributed by atoms with van der Waals surface area (Å²) in [7, 11) is 0. The Bertz CT molecular complexity index is 861. The van der Waals surface area contributed by atoms with Gasteiger partial charge in [0.1, 0.15) is 5.75 Å². The summed E-state index contributed by atoms with van der Waals surface area (Å²) >= 11 is 0. The van der Waals surface area contributed by atoms with Crippen molar-refractivity contribution in [3.05, 3.63) is 48.5 Å². The van der Waals surface area contributed by atoms with E-state index in [4.69, 9.17) is 4.74 Å². The molecule has 1 atom stereocenters. The number of nitrogens with zero attached hydrogens (tertiary/aromatic N) is 2. The fourth-order valence-electron chi connectivity index (χ4n) is 3.60. The number of rotatable bonds is 7. The molecule has 160 valence electrons. The Hall–Kier alpha value is -3.06. The Labute approximate surface area is 178 Å². The lowest BCUT2D eigenvalue weighted by atomic mass is 10.2. The van der Waals surface area contributed by atoms with Gasteiger partial charge in [-0.2, -0.15) is 0 Å². The second-order valence-electron chi connectivity index (χ2n) is 7.35. The standard InChI is InChI=1S/C23H30N4O3/c1-4-30-22-8-6-5-7-21(22)27-15-13-26(14-16-27)17(2)23(29)25-20-11-9-19(10-12-20)24-18(3)28/h5-12,17H,4,13-16H2,1-3H3,(H,24,28)(H,25,29)/t17-/m0/s1. The lowest BCUT2D eigenvalue weighted by Gasteiger charge is -2.39. The quantitative estimate of drug-likeness (QED) is 0.733. The fraction of sp³-hybridized carbons (Fsp3) is 0.391. The molecule has 30 heavy (non-hydrogen) atoms. The molecule has 7 heteroatoms. The third-order valence-electron chi connectivity index (χ3n) is 5.22. The van der Waals surface area contributed by atoms with Crippen LogP contribution < -0.4 is 20.3 Å². The van der Waals surface area contributed by atoms with Crippen LogP contribution in [0.2, 0.25) is 0 Å². The molecule has 7 nitrogen and oxygen atoms in total. The van der Waals surface area contributed by atoms with Gasteiger partial charge in [0.15, 0.2) is 0 Å². The van der Waals surface area contributed by atoms with Crippen LogP contribution in [0.15, 0.2) is 48.5 Å². The molecule has 0 aliphatic carbocycles. The Balaban J connectivity index is 1.54. The zero-order chi connectivity index (χ0) is 21.5. The lowest BCUT2D eigenvalue weighted by molar-refractivity contribution is -0.121. The summed E-state index contributed by atoms with van der Waals surface area (Å²) in [6.07, 6.45) is 0. The van der Waals surface area contributed by atoms with E-state index in [-0.39, 0.29) is 17.9 Å². The van der Waals surface area contributed by atoms with Gasteiger partial charge in [0.05, 0.1) is 18.3 Å². The maximum absolute atomic E-state index is 12.7. The minimum Gasteiger partial charge on any atom is -0.492 e. The van der Waals surface area contributed by atoms with Crippen molar-refractivity contribution in [2.45, 2.75) is 26.8 Å². The van der Waals surface area contributed by atoms with E-state index in [9.17, 15) is 9.59 Å². The van der Waals surface area contributed by atoms with Gasteiger partial charge in [0.25, 0.3) is 0 Å². The molecule has 0 spiro atoms. The van der Waals surface area contributed by atoms with Crippen LogP contribution in [-0.2, 0) is 9.59 Å². The molecule has 2 aromatic carbocycles. The van der Waals surface area contributed by atoms with E-state index < -0.39 is 0 Å². The summed E-state index contributed by atoms with van der Waals surface area (Å²) in [4.78, 5) is 28.3. The van der Waals surface area contributed by atoms with Gasteiger partial charge in [-0.3, -0.25) is 14.5 Å². The van der Waals surface area contributed by atoms with Gasteiger partial charge < -0.3 is 20.3 Å². The molecule has 0 bridgehead atoms. The van der Waals surface area contributed by atoms with Gasteiger partial charge in [-0.15, -0.1) is 0 Å². The van der Waals surface area contributed by atoms with Crippen LogP contribution in [0.4, 0.5) is 17.1 Å². The van der Waals surface area contributed by atoms with Crippen molar-refractivity contribution in [3.63, 3.8) is 0 Å². The average molecular weight is 411 g/mol. The van der Waals surface area contributed by atoms with E-state index in [0.29, 0.717) is 18.0 Å². The number of hydrogen-bond acceptors (Lipinski definition) is 5. The van der Waals surface area contributed by atoms with Gasteiger partial charge >= 0.3 is 0 Å². The second kappa shape index (κ2) is 10.1. The van der Waals surface area contributed by atoms with E-state index in [1.54, 1.807) is 24.3 Å². The average Bonchev–Trinajstić information content (AvgIpc) is 2.75. The van der Waals surface area contributed by atoms with Crippen LogP contribution in [0.5, 0.6) is 5.75 Å². The van der Waals surface area contributed by atoms with Crippen molar-refractivity contribution in [2.75, 3.05) is 48.3 Å².